The molecular formula is C30H27F2NO. The van der Waals surface area contributed by atoms with E-state index in [0.29, 0.717) is 18.6 Å². The highest BCUT2D eigenvalue weighted by molar-refractivity contribution is 5.84. The van der Waals surface area contributed by atoms with Gasteiger partial charge in [0.15, 0.2) is 0 Å². The lowest BCUT2D eigenvalue weighted by Gasteiger charge is -2.07. The Balaban J connectivity index is 1.35. The standard InChI is InChI=1S/C30H27F2NO/c1-2-3-4-17-34-29-16-15-28(33-21-29)14-8-23-6-10-24(30(32)19-23)9-5-22-7-11-26-20-27(31)13-12-25(26)18-22/h6-7,10-13,15-16,18-21H,2-4,8,14,17H2,1H3. The van der Waals surface area contributed by atoms with E-state index in [4.69, 9.17) is 4.74 Å². The quantitative estimate of drug-likeness (QED) is 0.206. The Labute approximate surface area is 199 Å². The molecular weight excluding hydrogens is 428 g/mol. The van der Waals surface area contributed by atoms with E-state index in [9.17, 15) is 8.78 Å². The van der Waals surface area contributed by atoms with Crippen LogP contribution in [0.2, 0.25) is 0 Å². The van der Waals surface area contributed by atoms with Gasteiger partial charge in [0.1, 0.15) is 17.4 Å². The molecule has 0 N–H and O–H groups in total. The molecule has 0 saturated carbocycles. The van der Waals surface area contributed by atoms with Crippen molar-refractivity contribution in [3.63, 3.8) is 0 Å². The topological polar surface area (TPSA) is 22.1 Å². The molecule has 4 rings (SSSR count). The summed E-state index contributed by atoms with van der Waals surface area (Å²) in [7, 11) is 0. The first-order valence-corrected chi connectivity index (χ1v) is 11.7. The van der Waals surface area contributed by atoms with Crippen molar-refractivity contribution in [3.8, 4) is 17.6 Å². The highest BCUT2D eigenvalue weighted by Gasteiger charge is 2.04. The van der Waals surface area contributed by atoms with Gasteiger partial charge in [0.25, 0.3) is 0 Å². The number of unbranched alkanes of at least 4 members (excludes halogenated alkanes) is 2. The highest BCUT2D eigenvalue weighted by Crippen LogP contribution is 2.18. The number of benzene rings is 3. The second-order valence-electron chi connectivity index (χ2n) is 8.31. The van der Waals surface area contributed by atoms with E-state index in [0.717, 1.165) is 52.6 Å². The first-order chi connectivity index (χ1) is 16.6. The van der Waals surface area contributed by atoms with Crippen LogP contribution >= 0.6 is 0 Å². The van der Waals surface area contributed by atoms with Gasteiger partial charge in [0.2, 0.25) is 0 Å². The molecule has 0 fully saturated rings. The molecule has 0 spiro atoms. The van der Waals surface area contributed by atoms with Crippen molar-refractivity contribution in [2.24, 2.45) is 0 Å². The predicted molar refractivity (Wildman–Crippen MR) is 133 cm³/mol. The minimum Gasteiger partial charge on any atom is -0.492 e. The van der Waals surface area contributed by atoms with Crippen molar-refractivity contribution in [3.05, 3.63) is 107 Å². The lowest BCUT2D eigenvalue weighted by molar-refractivity contribution is 0.305. The number of aromatic nitrogens is 1. The van der Waals surface area contributed by atoms with Crippen molar-refractivity contribution in [2.75, 3.05) is 6.61 Å². The number of ether oxygens (including phenoxy) is 1. The maximum Gasteiger partial charge on any atom is 0.139 e. The van der Waals surface area contributed by atoms with E-state index < -0.39 is 0 Å². The molecule has 2 nitrogen and oxygen atoms in total. The fraction of sp³-hybridized carbons (Fsp3) is 0.233. The monoisotopic (exact) mass is 455 g/mol. The zero-order chi connectivity index (χ0) is 23.8. The summed E-state index contributed by atoms with van der Waals surface area (Å²) in [6.45, 7) is 2.88. The van der Waals surface area contributed by atoms with Gasteiger partial charge >= 0.3 is 0 Å². The number of rotatable bonds is 8. The van der Waals surface area contributed by atoms with Crippen LogP contribution in [-0.2, 0) is 12.8 Å². The SMILES string of the molecule is CCCCCOc1ccc(CCc2ccc(C#Cc3ccc4cc(F)ccc4c3)c(F)c2)nc1. The number of aryl methyl sites for hydroxylation is 2. The number of halogens is 2. The van der Waals surface area contributed by atoms with Gasteiger partial charge in [-0.05, 0) is 84.1 Å². The van der Waals surface area contributed by atoms with Gasteiger partial charge in [0.05, 0.1) is 18.4 Å². The summed E-state index contributed by atoms with van der Waals surface area (Å²) in [6, 6.07) is 19.2. The number of hydrogen-bond donors (Lipinski definition) is 0. The van der Waals surface area contributed by atoms with Crippen LogP contribution in [0.25, 0.3) is 10.8 Å². The summed E-state index contributed by atoms with van der Waals surface area (Å²) in [6.07, 6.45) is 6.55. The van der Waals surface area contributed by atoms with Gasteiger partial charge in [-0.2, -0.15) is 0 Å². The zero-order valence-corrected chi connectivity index (χ0v) is 19.3. The molecule has 0 atom stereocenters. The molecule has 0 amide bonds. The van der Waals surface area contributed by atoms with Gasteiger partial charge < -0.3 is 4.74 Å². The van der Waals surface area contributed by atoms with Crippen LogP contribution in [0.15, 0.2) is 72.9 Å². The minimum atomic E-state index is -0.336. The van der Waals surface area contributed by atoms with E-state index in [1.807, 2.05) is 36.4 Å². The maximum absolute atomic E-state index is 14.6. The predicted octanol–water partition coefficient (Wildman–Crippen LogP) is 7.27. The molecule has 1 aromatic heterocycles. The van der Waals surface area contributed by atoms with Crippen LogP contribution in [0.3, 0.4) is 0 Å². The summed E-state index contributed by atoms with van der Waals surface area (Å²) in [5.41, 5.74) is 2.95. The van der Waals surface area contributed by atoms with Crippen molar-refractivity contribution in [2.45, 2.75) is 39.0 Å². The average Bonchev–Trinajstić information content (AvgIpc) is 2.85. The Morgan fingerprint density at radius 2 is 1.68 bits per heavy atom. The molecule has 0 aliphatic carbocycles. The molecule has 0 saturated heterocycles. The Morgan fingerprint density at radius 1 is 0.824 bits per heavy atom. The molecule has 0 aliphatic heterocycles. The number of pyridine rings is 1. The third-order valence-corrected chi connectivity index (χ3v) is 5.66. The first kappa shape index (κ1) is 23.4. The Morgan fingerprint density at radius 3 is 2.47 bits per heavy atom. The lowest BCUT2D eigenvalue weighted by Crippen LogP contribution is -1.99. The van der Waals surface area contributed by atoms with Crippen LogP contribution in [0.4, 0.5) is 8.78 Å². The van der Waals surface area contributed by atoms with E-state index >= 15 is 0 Å². The van der Waals surface area contributed by atoms with Gasteiger partial charge in [-0.25, -0.2) is 8.78 Å². The molecule has 0 unspecified atom stereocenters. The van der Waals surface area contributed by atoms with E-state index in [-0.39, 0.29) is 11.6 Å². The molecule has 0 bridgehead atoms. The van der Waals surface area contributed by atoms with E-state index in [2.05, 4.69) is 23.7 Å². The Kier molecular flexibility index (Phi) is 7.88. The fourth-order valence-electron chi connectivity index (χ4n) is 3.71. The third kappa shape index (κ3) is 6.42. The Bertz CT molecular complexity index is 1320. The summed E-state index contributed by atoms with van der Waals surface area (Å²) in [5.74, 6) is 6.10. The molecule has 172 valence electrons. The van der Waals surface area contributed by atoms with Gasteiger partial charge in [0, 0.05) is 11.3 Å². The summed E-state index contributed by atoms with van der Waals surface area (Å²) >= 11 is 0. The van der Waals surface area contributed by atoms with Crippen molar-refractivity contribution in [1.82, 2.24) is 4.98 Å². The summed E-state index contributed by atoms with van der Waals surface area (Å²) < 4.78 is 33.7. The van der Waals surface area contributed by atoms with Crippen LogP contribution in [0.1, 0.15) is 48.6 Å². The smallest absolute Gasteiger partial charge is 0.139 e. The number of hydrogen-bond acceptors (Lipinski definition) is 2. The van der Waals surface area contributed by atoms with Crippen LogP contribution < -0.4 is 4.74 Å². The van der Waals surface area contributed by atoms with E-state index in [1.54, 1.807) is 24.4 Å². The largest absolute Gasteiger partial charge is 0.492 e. The summed E-state index contributed by atoms with van der Waals surface area (Å²) in [5, 5.41) is 1.71. The molecule has 3 aromatic carbocycles. The minimum absolute atomic E-state index is 0.270. The number of fused-ring (bicyclic) bond motifs is 1. The van der Waals surface area contributed by atoms with Crippen LogP contribution in [0.5, 0.6) is 5.75 Å². The second-order valence-corrected chi connectivity index (χ2v) is 8.31. The zero-order valence-electron chi connectivity index (χ0n) is 19.3. The summed E-state index contributed by atoms with van der Waals surface area (Å²) in [4.78, 5) is 4.46. The van der Waals surface area contributed by atoms with Crippen molar-refractivity contribution >= 4 is 10.8 Å². The highest BCUT2D eigenvalue weighted by atomic mass is 19.1. The second kappa shape index (κ2) is 11.4. The van der Waals surface area contributed by atoms with Crippen LogP contribution in [0, 0.1) is 23.5 Å². The van der Waals surface area contributed by atoms with Gasteiger partial charge in [-0.3, -0.25) is 4.98 Å². The third-order valence-electron chi connectivity index (χ3n) is 5.66. The first-order valence-electron chi connectivity index (χ1n) is 11.7. The normalized spacial score (nSPS) is 10.7. The fourth-order valence-corrected chi connectivity index (χ4v) is 3.71. The molecule has 1 heterocycles. The average molecular weight is 456 g/mol. The Hall–Kier alpha value is -3.71. The van der Waals surface area contributed by atoms with Crippen molar-refractivity contribution < 1.29 is 13.5 Å². The van der Waals surface area contributed by atoms with E-state index in [1.165, 1.54) is 18.6 Å². The molecule has 0 aliphatic rings. The number of nitrogens with zero attached hydrogens (tertiary/aromatic N) is 1. The maximum atomic E-state index is 14.6. The molecule has 4 heteroatoms. The molecule has 4 aromatic rings. The molecule has 34 heavy (non-hydrogen) atoms. The van der Waals surface area contributed by atoms with Gasteiger partial charge in [-0.15, -0.1) is 0 Å². The molecule has 0 radical (unpaired) electrons. The lowest BCUT2D eigenvalue weighted by atomic mass is 10.0. The van der Waals surface area contributed by atoms with Gasteiger partial charge in [-0.1, -0.05) is 49.8 Å². The van der Waals surface area contributed by atoms with Crippen LogP contribution in [-0.4, -0.2) is 11.6 Å². The van der Waals surface area contributed by atoms with Crippen molar-refractivity contribution in [1.29, 1.82) is 0 Å².